The van der Waals surface area contributed by atoms with Crippen LogP contribution in [0, 0.1) is 0 Å². The van der Waals surface area contributed by atoms with Gasteiger partial charge in [-0.3, -0.25) is 5.32 Å². The van der Waals surface area contributed by atoms with Crippen molar-refractivity contribution >= 4 is 34.1 Å². The van der Waals surface area contributed by atoms with E-state index in [-0.39, 0.29) is 12.3 Å². The molecule has 0 spiro atoms. The number of hydrogen-bond donors (Lipinski definition) is 1. The van der Waals surface area contributed by atoms with Crippen molar-refractivity contribution in [2.45, 2.75) is 33.0 Å². The van der Waals surface area contributed by atoms with Crippen LogP contribution in [-0.4, -0.2) is 22.6 Å². The molecule has 0 aliphatic carbocycles. The molecule has 0 aliphatic heterocycles. The van der Waals surface area contributed by atoms with Gasteiger partial charge in [-0.1, -0.05) is 36.4 Å². The maximum atomic E-state index is 12.5. The molecule has 0 atom stereocenters. The largest absolute Gasteiger partial charge is 0.456 e. The number of rotatable bonds is 5. The van der Waals surface area contributed by atoms with E-state index in [2.05, 4.69) is 26.2 Å². The van der Waals surface area contributed by atoms with E-state index >= 15 is 0 Å². The van der Waals surface area contributed by atoms with Gasteiger partial charge >= 0.3 is 12.1 Å². The highest BCUT2D eigenvalue weighted by Gasteiger charge is 2.21. The number of nitrogens with one attached hydrogen (secondary N) is 1. The highest BCUT2D eigenvalue weighted by Crippen LogP contribution is 2.12. The first-order chi connectivity index (χ1) is 12.7. The number of aromatic nitrogens is 1. The summed E-state index contributed by atoms with van der Waals surface area (Å²) in [6.07, 6.45) is 0.683. The lowest BCUT2D eigenvalue weighted by Gasteiger charge is -2.20. The van der Waals surface area contributed by atoms with Crippen molar-refractivity contribution in [2.75, 3.05) is 0 Å². The van der Waals surface area contributed by atoms with Crippen molar-refractivity contribution in [3.05, 3.63) is 70.1 Å². The smallest absolute Gasteiger partial charge is 0.412 e. The van der Waals surface area contributed by atoms with Gasteiger partial charge in [0.05, 0.1) is 5.69 Å². The second-order valence-corrected chi connectivity index (χ2v) is 7.44. The van der Waals surface area contributed by atoms with Crippen molar-refractivity contribution in [2.24, 2.45) is 0 Å². The lowest BCUT2D eigenvalue weighted by atomic mass is 10.2. The van der Waals surface area contributed by atoms with E-state index in [0.29, 0.717) is 10.3 Å². The molecule has 1 aromatic carbocycles. The number of hydrogen-bond acceptors (Lipinski definition) is 5. The van der Waals surface area contributed by atoms with Crippen LogP contribution >= 0.6 is 15.9 Å². The van der Waals surface area contributed by atoms with Crippen molar-refractivity contribution in [3.63, 3.8) is 0 Å². The highest BCUT2D eigenvalue weighted by atomic mass is 79.9. The molecule has 2 rings (SSSR count). The van der Waals surface area contributed by atoms with Crippen LogP contribution in [0.5, 0.6) is 0 Å². The Bertz CT molecular complexity index is 829. The van der Waals surface area contributed by atoms with Crippen LogP contribution < -0.4 is 5.32 Å². The molecule has 0 bridgehead atoms. The SMILES string of the molecule is CC(C)(C)OC(=O)N/C(=C\c1cccc(Br)n1)C(=O)OCc1ccccc1. The van der Waals surface area contributed by atoms with Crippen LogP contribution in [0.2, 0.25) is 0 Å². The fourth-order valence-electron chi connectivity index (χ4n) is 2.01. The monoisotopic (exact) mass is 432 g/mol. The normalized spacial score (nSPS) is 11.6. The van der Waals surface area contributed by atoms with Crippen LogP contribution in [0.4, 0.5) is 4.79 Å². The Labute approximate surface area is 166 Å². The number of carbonyl (C=O) groups excluding carboxylic acids is 2. The zero-order chi connectivity index (χ0) is 19.9. The summed E-state index contributed by atoms with van der Waals surface area (Å²) in [5, 5.41) is 2.45. The number of nitrogens with zero attached hydrogens (tertiary/aromatic N) is 1. The minimum Gasteiger partial charge on any atom is -0.456 e. The lowest BCUT2D eigenvalue weighted by Crippen LogP contribution is -2.34. The number of esters is 1. The molecule has 0 fully saturated rings. The Kier molecular flexibility index (Phi) is 7.12. The van der Waals surface area contributed by atoms with Gasteiger partial charge in [-0.05, 0) is 60.5 Å². The maximum Gasteiger partial charge on any atom is 0.412 e. The van der Waals surface area contributed by atoms with E-state index in [1.165, 1.54) is 6.08 Å². The molecule has 0 saturated carbocycles. The van der Waals surface area contributed by atoms with Crippen LogP contribution in [0.1, 0.15) is 32.0 Å². The topological polar surface area (TPSA) is 77.5 Å². The van der Waals surface area contributed by atoms with E-state index in [0.717, 1.165) is 5.56 Å². The molecule has 2 aromatic rings. The number of amides is 1. The average Bonchev–Trinajstić information content (AvgIpc) is 2.58. The van der Waals surface area contributed by atoms with Gasteiger partial charge in [0.2, 0.25) is 0 Å². The second kappa shape index (κ2) is 9.32. The fourth-order valence-corrected chi connectivity index (χ4v) is 2.37. The number of ether oxygens (including phenoxy) is 2. The molecule has 1 aromatic heterocycles. The zero-order valence-electron chi connectivity index (χ0n) is 15.4. The summed E-state index contributed by atoms with van der Waals surface area (Å²) >= 11 is 3.27. The van der Waals surface area contributed by atoms with Gasteiger partial charge in [-0.2, -0.15) is 0 Å². The molecular formula is C20H21BrN2O4. The van der Waals surface area contributed by atoms with Crippen LogP contribution in [0.15, 0.2) is 58.8 Å². The summed E-state index contributed by atoms with van der Waals surface area (Å²) in [7, 11) is 0. The van der Waals surface area contributed by atoms with E-state index < -0.39 is 17.7 Å². The van der Waals surface area contributed by atoms with Crippen LogP contribution in [-0.2, 0) is 20.9 Å². The molecule has 1 amide bonds. The third-order valence-corrected chi connectivity index (χ3v) is 3.54. The van der Waals surface area contributed by atoms with Gasteiger partial charge in [-0.25, -0.2) is 14.6 Å². The third kappa shape index (κ3) is 7.62. The first kappa shape index (κ1) is 20.6. The van der Waals surface area contributed by atoms with E-state index in [9.17, 15) is 9.59 Å². The Morgan fingerprint density at radius 2 is 1.81 bits per heavy atom. The molecule has 1 N–H and O–H groups in total. The average molecular weight is 433 g/mol. The van der Waals surface area contributed by atoms with Gasteiger partial charge in [0.25, 0.3) is 0 Å². The van der Waals surface area contributed by atoms with Crippen LogP contribution in [0.3, 0.4) is 0 Å². The van der Waals surface area contributed by atoms with Gasteiger partial charge in [0.15, 0.2) is 0 Å². The fraction of sp³-hybridized carbons (Fsp3) is 0.250. The molecule has 142 valence electrons. The summed E-state index contributed by atoms with van der Waals surface area (Å²) in [6.45, 7) is 5.29. The number of alkyl carbamates (subject to hydrolysis) is 1. The minimum atomic E-state index is -0.750. The summed E-state index contributed by atoms with van der Waals surface area (Å²) in [5.41, 5.74) is 0.554. The second-order valence-electron chi connectivity index (χ2n) is 6.63. The first-order valence-corrected chi connectivity index (χ1v) is 9.07. The molecule has 27 heavy (non-hydrogen) atoms. The molecule has 0 aliphatic rings. The molecule has 1 heterocycles. The molecule has 6 nitrogen and oxygen atoms in total. The summed E-state index contributed by atoms with van der Waals surface area (Å²) in [5.74, 6) is -0.688. The Hall–Kier alpha value is -2.67. The van der Waals surface area contributed by atoms with Crippen molar-refractivity contribution in [1.82, 2.24) is 10.3 Å². The van der Waals surface area contributed by atoms with Crippen molar-refractivity contribution in [3.8, 4) is 0 Å². The quantitative estimate of drug-likeness (QED) is 0.428. The minimum absolute atomic E-state index is 0.0641. The van der Waals surface area contributed by atoms with E-state index in [4.69, 9.17) is 9.47 Å². The van der Waals surface area contributed by atoms with Gasteiger partial charge in [0, 0.05) is 0 Å². The Morgan fingerprint density at radius 1 is 1.11 bits per heavy atom. The number of halogens is 1. The maximum absolute atomic E-state index is 12.5. The number of pyridine rings is 1. The molecule has 7 heteroatoms. The first-order valence-electron chi connectivity index (χ1n) is 8.28. The van der Waals surface area contributed by atoms with Gasteiger partial charge in [0.1, 0.15) is 22.5 Å². The zero-order valence-corrected chi connectivity index (χ0v) is 16.9. The highest BCUT2D eigenvalue weighted by molar-refractivity contribution is 9.10. The molecule has 0 unspecified atom stereocenters. The predicted octanol–water partition coefficient (Wildman–Crippen LogP) is 4.45. The Morgan fingerprint density at radius 3 is 2.44 bits per heavy atom. The summed E-state index contributed by atoms with van der Waals surface area (Å²) in [4.78, 5) is 28.8. The lowest BCUT2D eigenvalue weighted by molar-refractivity contribution is -0.140. The summed E-state index contributed by atoms with van der Waals surface area (Å²) < 4.78 is 11.1. The van der Waals surface area contributed by atoms with E-state index in [1.54, 1.807) is 39.0 Å². The van der Waals surface area contributed by atoms with Crippen molar-refractivity contribution < 1.29 is 19.1 Å². The number of benzene rings is 1. The van der Waals surface area contributed by atoms with Crippen molar-refractivity contribution in [1.29, 1.82) is 0 Å². The standard InChI is InChI=1S/C20H21BrN2O4/c1-20(2,3)27-19(25)23-16(12-15-10-7-11-17(21)22-15)18(24)26-13-14-8-5-4-6-9-14/h4-12H,13H2,1-3H3,(H,23,25)/b16-12-. The number of carbonyl (C=O) groups is 2. The van der Waals surface area contributed by atoms with E-state index in [1.807, 2.05) is 30.3 Å². The Balaban J connectivity index is 2.17. The van der Waals surface area contributed by atoms with Crippen LogP contribution in [0.25, 0.3) is 6.08 Å². The van der Waals surface area contributed by atoms with Gasteiger partial charge < -0.3 is 9.47 Å². The summed E-state index contributed by atoms with van der Waals surface area (Å²) in [6, 6.07) is 14.5. The predicted molar refractivity (Wildman–Crippen MR) is 106 cm³/mol. The molecular weight excluding hydrogens is 412 g/mol. The van der Waals surface area contributed by atoms with Gasteiger partial charge in [-0.15, -0.1) is 0 Å². The molecule has 0 radical (unpaired) electrons. The molecule has 0 saturated heterocycles. The third-order valence-electron chi connectivity index (χ3n) is 3.10.